The highest BCUT2D eigenvalue weighted by atomic mass is 19.4. The molecule has 2 nitrogen and oxygen atoms in total. The Kier molecular flexibility index (Phi) is 3.22. The number of piperidine rings is 1. The van der Waals surface area contributed by atoms with Gasteiger partial charge in [0, 0.05) is 12.7 Å². The van der Waals surface area contributed by atoms with E-state index in [4.69, 9.17) is 0 Å². The highest BCUT2D eigenvalue weighted by Gasteiger charge is 2.36. The largest absolute Gasteiger partial charge is 0.419 e. The highest BCUT2D eigenvalue weighted by molar-refractivity contribution is 5.48. The van der Waals surface area contributed by atoms with Crippen LogP contribution in [0.1, 0.15) is 18.4 Å². The quantitative estimate of drug-likeness (QED) is 0.710. The lowest BCUT2D eigenvalue weighted by Gasteiger charge is -2.31. The van der Waals surface area contributed by atoms with Crippen LogP contribution in [0.25, 0.3) is 0 Å². The molecule has 0 saturated carbocycles. The van der Waals surface area contributed by atoms with E-state index in [1.54, 1.807) is 0 Å². The number of halogens is 4. The molecule has 1 aliphatic heterocycles. The number of aromatic nitrogens is 1. The minimum Gasteiger partial charge on any atom is -0.353 e. The molecule has 0 bridgehead atoms. The summed E-state index contributed by atoms with van der Waals surface area (Å²) in [6, 6.07) is 2.22. The van der Waals surface area contributed by atoms with E-state index < -0.39 is 17.9 Å². The first-order valence-electron chi connectivity index (χ1n) is 5.39. The van der Waals surface area contributed by atoms with Crippen molar-refractivity contribution in [1.29, 1.82) is 0 Å². The Morgan fingerprint density at radius 2 is 2.12 bits per heavy atom. The van der Waals surface area contributed by atoms with Gasteiger partial charge in [0.05, 0.1) is 12.1 Å². The van der Waals surface area contributed by atoms with Crippen molar-refractivity contribution in [3.8, 4) is 0 Å². The second-order valence-corrected chi connectivity index (χ2v) is 4.06. The summed E-state index contributed by atoms with van der Waals surface area (Å²) in [6.07, 6.45) is -3.27. The zero-order chi connectivity index (χ0) is 12.5. The summed E-state index contributed by atoms with van der Waals surface area (Å²) in [5.41, 5.74) is -0.797. The minimum absolute atomic E-state index is 0.0138. The zero-order valence-corrected chi connectivity index (χ0v) is 9.04. The molecule has 0 spiro atoms. The third-order valence-corrected chi connectivity index (χ3v) is 2.76. The normalized spacial score (nSPS) is 21.6. The Morgan fingerprint density at radius 3 is 2.76 bits per heavy atom. The van der Waals surface area contributed by atoms with Gasteiger partial charge < -0.3 is 4.90 Å². The third kappa shape index (κ3) is 2.68. The number of rotatable bonds is 1. The number of alkyl halides is 4. The lowest BCUT2D eigenvalue weighted by atomic mass is 10.1. The first-order chi connectivity index (χ1) is 7.98. The summed E-state index contributed by atoms with van der Waals surface area (Å²) in [4.78, 5) is 5.11. The molecule has 0 aromatic carbocycles. The van der Waals surface area contributed by atoms with Crippen LogP contribution in [0.3, 0.4) is 0 Å². The van der Waals surface area contributed by atoms with E-state index in [0.717, 1.165) is 6.07 Å². The molecule has 2 heterocycles. The molecule has 1 unspecified atom stereocenters. The molecule has 1 aromatic heterocycles. The van der Waals surface area contributed by atoms with Crippen molar-refractivity contribution in [2.45, 2.75) is 25.2 Å². The van der Waals surface area contributed by atoms with E-state index in [0.29, 0.717) is 19.4 Å². The van der Waals surface area contributed by atoms with Crippen LogP contribution in [0.5, 0.6) is 0 Å². The summed E-state index contributed by atoms with van der Waals surface area (Å²) >= 11 is 0. The van der Waals surface area contributed by atoms with Crippen molar-refractivity contribution in [3.05, 3.63) is 23.9 Å². The molecule has 1 aliphatic rings. The van der Waals surface area contributed by atoms with E-state index >= 15 is 0 Å². The Balaban J connectivity index is 2.31. The number of pyridine rings is 1. The molecule has 1 aromatic rings. The van der Waals surface area contributed by atoms with Gasteiger partial charge in [-0.15, -0.1) is 0 Å². The Hall–Kier alpha value is -1.33. The van der Waals surface area contributed by atoms with Crippen LogP contribution in [0.2, 0.25) is 0 Å². The Morgan fingerprint density at radius 1 is 1.35 bits per heavy atom. The van der Waals surface area contributed by atoms with Crippen LogP contribution < -0.4 is 4.90 Å². The number of hydrogen-bond acceptors (Lipinski definition) is 2. The van der Waals surface area contributed by atoms with Crippen molar-refractivity contribution >= 4 is 5.82 Å². The van der Waals surface area contributed by atoms with Gasteiger partial charge >= 0.3 is 6.18 Å². The molecule has 2 rings (SSSR count). The SMILES string of the molecule is FC1CCCN(c2ncccc2C(F)(F)F)C1. The molecular weight excluding hydrogens is 236 g/mol. The minimum atomic E-state index is -4.45. The molecule has 94 valence electrons. The lowest BCUT2D eigenvalue weighted by Crippen LogP contribution is -2.38. The van der Waals surface area contributed by atoms with Gasteiger partial charge in [-0.1, -0.05) is 0 Å². The molecule has 0 amide bonds. The lowest BCUT2D eigenvalue weighted by molar-refractivity contribution is -0.137. The van der Waals surface area contributed by atoms with E-state index in [1.807, 2.05) is 0 Å². The van der Waals surface area contributed by atoms with Gasteiger partial charge in [-0.25, -0.2) is 9.37 Å². The van der Waals surface area contributed by atoms with E-state index in [9.17, 15) is 17.6 Å². The van der Waals surface area contributed by atoms with Gasteiger partial charge in [0.15, 0.2) is 0 Å². The van der Waals surface area contributed by atoms with Gasteiger partial charge in [-0.05, 0) is 25.0 Å². The maximum Gasteiger partial charge on any atom is 0.419 e. The van der Waals surface area contributed by atoms with Crippen molar-refractivity contribution in [1.82, 2.24) is 4.98 Å². The summed E-state index contributed by atoms with van der Waals surface area (Å²) in [5, 5.41) is 0. The average molecular weight is 248 g/mol. The summed E-state index contributed by atoms with van der Waals surface area (Å²) in [7, 11) is 0. The van der Waals surface area contributed by atoms with Gasteiger partial charge in [0.25, 0.3) is 0 Å². The Labute approximate surface area is 96.3 Å². The van der Waals surface area contributed by atoms with Crippen molar-refractivity contribution in [3.63, 3.8) is 0 Å². The summed E-state index contributed by atoms with van der Waals surface area (Å²) in [6.45, 7) is 0.403. The van der Waals surface area contributed by atoms with Crippen LogP contribution >= 0.6 is 0 Å². The third-order valence-electron chi connectivity index (χ3n) is 2.76. The van der Waals surface area contributed by atoms with E-state index in [1.165, 1.54) is 17.2 Å². The molecule has 0 N–H and O–H groups in total. The van der Waals surface area contributed by atoms with Crippen LogP contribution in [0.15, 0.2) is 18.3 Å². The molecule has 6 heteroatoms. The fourth-order valence-electron chi connectivity index (χ4n) is 1.99. The molecule has 1 fully saturated rings. The van der Waals surface area contributed by atoms with Crippen LogP contribution in [0.4, 0.5) is 23.4 Å². The number of hydrogen-bond donors (Lipinski definition) is 0. The predicted octanol–water partition coefficient (Wildman–Crippen LogP) is 3.04. The van der Waals surface area contributed by atoms with Gasteiger partial charge in [-0.2, -0.15) is 13.2 Å². The van der Waals surface area contributed by atoms with E-state index in [-0.39, 0.29) is 12.4 Å². The molecule has 1 saturated heterocycles. The second kappa shape index (κ2) is 4.50. The smallest absolute Gasteiger partial charge is 0.353 e. The van der Waals surface area contributed by atoms with Crippen LogP contribution in [-0.2, 0) is 6.18 Å². The van der Waals surface area contributed by atoms with E-state index in [2.05, 4.69) is 4.98 Å². The molecule has 0 radical (unpaired) electrons. The number of anilines is 1. The van der Waals surface area contributed by atoms with Crippen molar-refractivity contribution < 1.29 is 17.6 Å². The summed E-state index contributed by atoms with van der Waals surface area (Å²) in [5.74, 6) is -0.164. The zero-order valence-electron chi connectivity index (χ0n) is 9.04. The van der Waals surface area contributed by atoms with Crippen LogP contribution in [0, 0.1) is 0 Å². The molecule has 0 aliphatic carbocycles. The second-order valence-electron chi connectivity index (χ2n) is 4.06. The Bertz CT molecular complexity index is 391. The molecule has 17 heavy (non-hydrogen) atoms. The van der Waals surface area contributed by atoms with Gasteiger partial charge in [-0.3, -0.25) is 0 Å². The maximum absolute atomic E-state index is 13.2. The molecule has 1 atom stereocenters. The topological polar surface area (TPSA) is 16.1 Å². The average Bonchev–Trinajstić information content (AvgIpc) is 2.28. The standard InChI is InChI=1S/C11H12F4N2/c12-8-3-2-6-17(7-8)10-9(11(13,14)15)4-1-5-16-10/h1,4-5,8H,2-3,6-7H2. The monoisotopic (exact) mass is 248 g/mol. The fraction of sp³-hybridized carbons (Fsp3) is 0.545. The summed E-state index contributed by atoms with van der Waals surface area (Å²) < 4.78 is 51.4. The van der Waals surface area contributed by atoms with Gasteiger partial charge in [0.2, 0.25) is 0 Å². The maximum atomic E-state index is 13.2. The highest BCUT2D eigenvalue weighted by Crippen LogP contribution is 2.36. The van der Waals surface area contributed by atoms with Crippen molar-refractivity contribution in [2.24, 2.45) is 0 Å². The van der Waals surface area contributed by atoms with Gasteiger partial charge in [0.1, 0.15) is 12.0 Å². The van der Waals surface area contributed by atoms with Crippen LogP contribution in [-0.4, -0.2) is 24.2 Å². The number of nitrogens with zero attached hydrogens (tertiary/aromatic N) is 2. The van der Waals surface area contributed by atoms with Crippen molar-refractivity contribution in [2.75, 3.05) is 18.0 Å². The fourth-order valence-corrected chi connectivity index (χ4v) is 1.99. The predicted molar refractivity (Wildman–Crippen MR) is 55.6 cm³/mol. The molecular formula is C11H12F4N2. The first kappa shape index (κ1) is 12.1. The first-order valence-corrected chi connectivity index (χ1v) is 5.39.